The lowest BCUT2D eigenvalue weighted by Gasteiger charge is -2.11. The quantitative estimate of drug-likeness (QED) is 0.473. The molecule has 0 heterocycles. The molecule has 0 radical (unpaired) electrons. The van der Waals surface area contributed by atoms with Crippen LogP contribution in [-0.4, -0.2) is 44.7 Å². The number of ether oxygens (including phenoxy) is 1. The zero-order valence-electron chi connectivity index (χ0n) is 11.3. The van der Waals surface area contributed by atoms with Gasteiger partial charge < -0.3 is 21.1 Å². The molecule has 6 heteroatoms. The van der Waals surface area contributed by atoms with Crippen LogP contribution in [0.3, 0.4) is 0 Å². The highest BCUT2D eigenvalue weighted by atomic mass is 16.5. The minimum absolute atomic E-state index is 0.102. The number of methoxy groups -OCH3 is 1. The summed E-state index contributed by atoms with van der Waals surface area (Å²) in [6, 6.07) is -0.471. The zero-order valence-corrected chi connectivity index (χ0v) is 11.3. The minimum Gasteiger partial charge on any atom is -0.383 e. The SMILES string of the molecule is CCCCC(N)C(=O)NCCC(=O)NCCOC. The van der Waals surface area contributed by atoms with E-state index in [4.69, 9.17) is 10.5 Å². The Hall–Kier alpha value is -1.14. The number of nitrogens with one attached hydrogen (secondary N) is 2. The number of carbonyl (C=O) groups is 2. The first-order chi connectivity index (χ1) is 8.61. The monoisotopic (exact) mass is 259 g/mol. The van der Waals surface area contributed by atoms with Crippen LogP contribution in [0.1, 0.15) is 32.6 Å². The molecule has 106 valence electrons. The van der Waals surface area contributed by atoms with Gasteiger partial charge in [0, 0.05) is 26.6 Å². The van der Waals surface area contributed by atoms with Gasteiger partial charge in [-0.25, -0.2) is 0 Å². The Labute approximate surface area is 109 Å². The van der Waals surface area contributed by atoms with E-state index in [1.54, 1.807) is 7.11 Å². The molecule has 6 nitrogen and oxygen atoms in total. The van der Waals surface area contributed by atoms with Gasteiger partial charge in [-0.3, -0.25) is 9.59 Å². The first-order valence-electron chi connectivity index (χ1n) is 6.40. The van der Waals surface area contributed by atoms with Gasteiger partial charge >= 0.3 is 0 Å². The third kappa shape index (κ3) is 8.95. The standard InChI is InChI=1S/C12H25N3O3/c1-3-4-5-10(13)12(17)15-7-6-11(16)14-8-9-18-2/h10H,3-9,13H2,1-2H3,(H,14,16)(H,15,17). The Morgan fingerprint density at radius 3 is 2.61 bits per heavy atom. The predicted molar refractivity (Wildman–Crippen MR) is 70.0 cm³/mol. The van der Waals surface area contributed by atoms with Gasteiger partial charge in [0.15, 0.2) is 0 Å². The number of carbonyl (C=O) groups excluding carboxylic acids is 2. The molecule has 0 aromatic carbocycles. The maximum absolute atomic E-state index is 11.5. The third-order valence-electron chi connectivity index (χ3n) is 2.49. The van der Waals surface area contributed by atoms with Crippen molar-refractivity contribution in [3.8, 4) is 0 Å². The smallest absolute Gasteiger partial charge is 0.236 e. The molecule has 0 bridgehead atoms. The van der Waals surface area contributed by atoms with Crippen molar-refractivity contribution in [2.45, 2.75) is 38.6 Å². The van der Waals surface area contributed by atoms with Crippen LogP contribution in [0, 0.1) is 0 Å². The van der Waals surface area contributed by atoms with Crippen LogP contribution < -0.4 is 16.4 Å². The Morgan fingerprint density at radius 1 is 1.28 bits per heavy atom. The average molecular weight is 259 g/mol. The Morgan fingerprint density at radius 2 is 2.00 bits per heavy atom. The van der Waals surface area contributed by atoms with Gasteiger partial charge in [-0.1, -0.05) is 19.8 Å². The van der Waals surface area contributed by atoms with Gasteiger partial charge in [-0.15, -0.1) is 0 Å². The first kappa shape index (κ1) is 16.9. The van der Waals surface area contributed by atoms with Crippen molar-refractivity contribution in [3.63, 3.8) is 0 Å². The summed E-state index contributed by atoms with van der Waals surface area (Å²) in [6.45, 7) is 3.34. The summed E-state index contributed by atoms with van der Waals surface area (Å²) in [6.07, 6.45) is 2.90. The molecule has 0 rings (SSSR count). The molecule has 0 aliphatic heterocycles. The van der Waals surface area contributed by atoms with E-state index in [0.717, 1.165) is 12.8 Å². The first-order valence-corrected chi connectivity index (χ1v) is 6.40. The summed E-state index contributed by atoms with van der Waals surface area (Å²) in [5, 5.41) is 5.33. The highest BCUT2D eigenvalue weighted by Gasteiger charge is 2.12. The maximum atomic E-state index is 11.5. The van der Waals surface area contributed by atoms with E-state index in [1.807, 2.05) is 0 Å². The molecular weight excluding hydrogens is 234 g/mol. The van der Waals surface area contributed by atoms with Crippen LogP contribution in [0.4, 0.5) is 0 Å². The molecule has 2 amide bonds. The number of nitrogens with two attached hydrogens (primary N) is 1. The normalized spacial score (nSPS) is 11.9. The van der Waals surface area contributed by atoms with Gasteiger partial charge in [0.25, 0.3) is 0 Å². The second-order valence-corrected chi connectivity index (χ2v) is 4.13. The Kier molecular flexibility index (Phi) is 10.3. The zero-order chi connectivity index (χ0) is 13.8. The van der Waals surface area contributed by atoms with Crippen molar-refractivity contribution in [3.05, 3.63) is 0 Å². The lowest BCUT2D eigenvalue weighted by atomic mass is 10.1. The predicted octanol–water partition coefficient (Wildman–Crippen LogP) is -0.227. The van der Waals surface area contributed by atoms with E-state index in [2.05, 4.69) is 17.6 Å². The van der Waals surface area contributed by atoms with Crippen LogP contribution in [0.25, 0.3) is 0 Å². The van der Waals surface area contributed by atoms with Gasteiger partial charge in [0.05, 0.1) is 12.6 Å². The molecule has 0 spiro atoms. The van der Waals surface area contributed by atoms with Gasteiger partial charge in [-0.05, 0) is 6.42 Å². The maximum Gasteiger partial charge on any atom is 0.236 e. The van der Waals surface area contributed by atoms with E-state index in [0.29, 0.717) is 26.1 Å². The van der Waals surface area contributed by atoms with E-state index in [-0.39, 0.29) is 18.2 Å². The fraction of sp³-hybridized carbons (Fsp3) is 0.833. The molecule has 18 heavy (non-hydrogen) atoms. The highest BCUT2D eigenvalue weighted by molar-refractivity contribution is 5.82. The lowest BCUT2D eigenvalue weighted by molar-refractivity contribution is -0.123. The van der Waals surface area contributed by atoms with E-state index in [1.165, 1.54) is 0 Å². The van der Waals surface area contributed by atoms with Crippen molar-refractivity contribution in [2.75, 3.05) is 26.8 Å². The number of unbranched alkanes of at least 4 members (excludes halogenated alkanes) is 1. The summed E-state index contributed by atoms with van der Waals surface area (Å²) in [4.78, 5) is 22.8. The van der Waals surface area contributed by atoms with Crippen LogP contribution in [-0.2, 0) is 14.3 Å². The summed E-state index contributed by atoms with van der Waals surface area (Å²) in [5.74, 6) is -0.289. The van der Waals surface area contributed by atoms with Crippen molar-refractivity contribution < 1.29 is 14.3 Å². The Balaban J connectivity index is 3.57. The van der Waals surface area contributed by atoms with Crippen molar-refractivity contribution >= 4 is 11.8 Å². The fourth-order valence-corrected chi connectivity index (χ4v) is 1.37. The molecule has 1 atom stereocenters. The number of amides is 2. The summed E-state index contributed by atoms with van der Waals surface area (Å²) in [5.41, 5.74) is 5.69. The topological polar surface area (TPSA) is 93.5 Å². The number of rotatable bonds is 10. The third-order valence-corrected chi connectivity index (χ3v) is 2.49. The van der Waals surface area contributed by atoms with Crippen LogP contribution in [0.5, 0.6) is 0 Å². The molecule has 0 fully saturated rings. The van der Waals surface area contributed by atoms with Gasteiger partial charge in [0.1, 0.15) is 0 Å². The second-order valence-electron chi connectivity index (χ2n) is 4.13. The molecule has 0 saturated heterocycles. The Bertz CT molecular complexity index is 247. The van der Waals surface area contributed by atoms with E-state index >= 15 is 0 Å². The van der Waals surface area contributed by atoms with Crippen molar-refractivity contribution in [2.24, 2.45) is 5.73 Å². The van der Waals surface area contributed by atoms with Crippen LogP contribution in [0.2, 0.25) is 0 Å². The summed E-state index contributed by atoms with van der Waals surface area (Å²) >= 11 is 0. The summed E-state index contributed by atoms with van der Waals surface area (Å²) in [7, 11) is 1.57. The van der Waals surface area contributed by atoms with E-state index < -0.39 is 6.04 Å². The minimum atomic E-state index is -0.471. The fourth-order valence-electron chi connectivity index (χ4n) is 1.37. The molecule has 0 aliphatic carbocycles. The molecular formula is C12H25N3O3. The average Bonchev–Trinajstić information content (AvgIpc) is 2.36. The molecule has 0 aromatic heterocycles. The number of hydrogen-bond donors (Lipinski definition) is 3. The highest BCUT2D eigenvalue weighted by Crippen LogP contribution is 1.97. The van der Waals surface area contributed by atoms with Crippen molar-refractivity contribution in [1.82, 2.24) is 10.6 Å². The second kappa shape index (κ2) is 11.0. The van der Waals surface area contributed by atoms with Crippen LogP contribution in [0.15, 0.2) is 0 Å². The van der Waals surface area contributed by atoms with Gasteiger partial charge in [0.2, 0.25) is 11.8 Å². The largest absolute Gasteiger partial charge is 0.383 e. The molecule has 0 aromatic rings. The molecule has 4 N–H and O–H groups in total. The molecule has 0 saturated carbocycles. The van der Waals surface area contributed by atoms with E-state index in [9.17, 15) is 9.59 Å². The van der Waals surface area contributed by atoms with Crippen molar-refractivity contribution in [1.29, 1.82) is 0 Å². The van der Waals surface area contributed by atoms with Gasteiger partial charge in [-0.2, -0.15) is 0 Å². The van der Waals surface area contributed by atoms with Crippen LogP contribution >= 0.6 is 0 Å². The summed E-state index contributed by atoms with van der Waals surface area (Å²) < 4.78 is 4.80. The molecule has 0 aliphatic rings. The lowest BCUT2D eigenvalue weighted by Crippen LogP contribution is -2.42. The molecule has 1 unspecified atom stereocenters. The number of hydrogen-bond acceptors (Lipinski definition) is 4.